The van der Waals surface area contributed by atoms with E-state index in [2.05, 4.69) is 34.3 Å². The second-order valence-electron chi connectivity index (χ2n) is 7.60. The summed E-state index contributed by atoms with van der Waals surface area (Å²) >= 11 is 1.56. The van der Waals surface area contributed by atoms with E-state index in [0.717, 1.165) is 36.0 Å². The van der Waals surface area contributed by atoms with Crippen LogP contribution in [0.15, 0.2) is 28.4 Å². The maximum Gasteiger partial charge on any atom is 0.296 e. The standard InChI is InChI=1S/C20H25N5O2S/c1-12(2)25-9-4-5-13(11-25)21-18-20(27)24(3)19(23-22-18)15-6-7-16-14(17(15)26)8-10-28-16/h6-8,10,12-13,26H,4-5,9,11H2,1-3H3,(H,21,22)/t13-/m1/s1. The van der Waals surface area contributed by atoms with Crippen LogP contribution in [-0.4, -0.2) is 49.9 Å². The number of aromatic hydroxyl groups is 1. The van der Waals surface area contributed by atoms with E-state index in [0.29, 0.717) is 17.4 Å². The van der Waals surface area contributed by atoms with E-state index in [1.807, 2.05) is 17.5 Å². The van der Waals surface area contributed by atoms with Crippen LogP contribution >= 0.6 is 11.3 Å². The average molecular weight is 400 g/mol. The molecule has 3 heterocycles. The Kier molecular flexibility index (Phi) is 5.07. The first-order valence-corrected chi connectivity index (χ1v) is 10.5. The molecule has 7 nitrogen and oxygen atoms in total. The maximum atomic E-state index is 12.9. The molecule has 2 N–H and O–H groups in total. The first-order valence-electron chi connectivity index (χ1n) is 9.59. The molecule has 1 aliphatic rings. The Morgan fingerprint density at radius 1 is 1.29 bits per heavy atom. The Labute approximate surface area is 167 Å². The zero-order valence-corrected chi connectivity index (χ0v) is 17.2. The lowest BCUT2D eigenvalue weighted by Crippen LogP contribution is -2.46. The predicted octanol–water partition coefficient (Wildman–Crippen LogP) is 3.05. The molecule has 0 spiro atoms. The Morgan fingerprint density at radius 3 is 2.89 bits per heavy atom. The number of hydrogen-bond acceptors (Lipinski definition) is 7. The lowest BCUT2D eigenvalue weighted by molar-refractivity contribution is 0.174. The number of likely N-dealkylation sites (tertiary alicyclic amines) is 1. The highest BCUT2D eigenvalue weighted by Gasteiger charge is 2.23. The Morgan fingerprint density at radius 2 is 2.11 bits per heavy atom. The van der Waals surface area contributed by atoms with Crippen molar-refractivity contribution in [3.8, 4) is 17.1 Å². The van der Waals surface area contributed by atoms with E-state index in [1.165, 1.54) is 4.57 Å². The van der Waals surface area contributed by atoms with Crippen molar-refractivity contribution in [2.75, 3.05) is 18.4 Å². The van der Waals surface area contributed by atoms with E-state index < -0.39 is 0 Å². The number of nitrogens with one attached hydrogen (secondary N) is 1. The minimum absolute atomic E-state index is 0.128. The molecule has 1 saturated heterocycles. The number of benzene rings is 1. The first-order chi connectivity index (χ1) is 13.5. The monoisotopic (exact) mass is 399 g/mol. The number of anilines is 1. The molecule has 4 rings (SSSR count). The fraction of sp³-hybridized carbons (Fsp3) is 0.450. The largest absolute Gasteiger partial charge is 0.507 e. The molecule has 1 aromatic carbocycles. The lowest BCUT2D eigenvalue weighted by Gasteiger charge is -2.35. The Hall–Kier alpha value is -2.45. The van der Waals surface area contributed by atoms with Crippen LogP contribution in [0.2, 0.25) is 0 Å². The van der Waals surface area contributed by atoms with Crippen LogP contribution in [0.1, 0.15) is 26.7 Å². The molecule has 2 aromatic heterocycles. The third-order valence-electron chi connectivity index (χ3n) is 5.44. The van der Waals surface area contributed by atoms with Crippen LogP contribution in [0.5, 0.6) is 5.75 Å². The second kappa shape index (κ2) is 7.52. The topological polar surface area (TPSA) is 83.3 Å². The zero-order valence-electron chi connectivity index (χ0n) is 16.3. The molecule has 0 amide bonds. The third-order valence-corrected chi connectivity index (χ3v) is 6.32. The molecule has 0 saturated carbocycles. The maximum absolute atomic E-state index is 12.9. The molecule has 0 unspecified atom stereocenters. The molecule has 0 bridgehead atoms. The summed E-state index contributed by atoms with van der Waals surface area (Å²) in [7, 11) is 1.66. The third kappa shape index (κ3) is 3.38. The summed E-state index contributed by atoms with van der Waals surface area (Å²) in [6.07, 6.45) is 2.10. The van der Waals surface area contributed by atoms with Crippen LogP contribution < -0.4 is 10.9 Å². The number of aromatic nitrogens is 3. The van der Waals surface area contributed by atoms with Gasteiger partial charge in [-0.25, -0.2) is 0 Å². The number of phenols is 1. The lowest BCUT2D eigenvalue weighted by atomic mass is 10.0. The van der Waals surface area contributed by atoms with Gasteiger partial charge in [0.1, 0.15) is 5.75 Å². The van der Waals surface area contributed by atoms with Crippen molar-refractivity contribution < 1.29 is 5.11 Å². The highest BCUT2D eigenvalue weighted by atomic mass is 32.1. The van der Waals surface area contributed by atoms with Gasteiger partial charge >= 0.3 is 0 Å². The number of thiophene rings is 1. The fourth-order valence-corrected chi connectivity index (χ4v) is 4.57. The molecule has 1 fully saturated rings. The Bertz CT molecular complexity index is 1060. The zero-order chi connectivity index (χ0) is 19.8. The highest BCUT2D eigenvalue weighted by molar-refractivity contribution is 7.17. The number of nitrogens with zero attached hydrogens (tertiary/aromatic N) is 4. The molecular weight excluding hydrogens is 374 g/mol. The Balaban J connectivity index is 1.63. The molecule has 1 atom stereocenters. The number of hydrogen-bond donors (Lipinski definition) is 2. The van der Waals surface area contributed by atoms with Crippen LogP contribution in [0, 0.1) is 0 Å². The van der Waals surface area contributed by atoms with Gasteiger partial charge in [0.15, 0.2) is 5.82 Å². The predicted molar refractivity (Wildman–Crippen MR) is 113 cm³/mol. The van der Waals surface area contributed by atoms with Gasteiger partial charge < -0.3 is 10.4 Å². The van der Waals surface area contributed by atoms with E-state index in [4.69, 9.17) is 0 Å². The van der Waals surface area contributed by atoms with Gasteiger partial charge in [-0.05, 0) is 56.8 Å². The normalized spacial score (nSPS) is 18.1. The summed E-state index contributed by atoms with van der Waals surface area (Å²) in [4.78, 5) is 15.3. The van der Waals surface area contributed by atoms with Gasteiger partial charge in [-0.3, -0.25) is 14.3 Å². The number of fused-ring (bicyclic) bond motifs is 1. The minimum atomic E-state index is -0.239. The van der Waals surface area contributed by atoms with Crippen molar-refractivity contribution in [2.45, 2.75) is 38.8 Å². The smallest absolute Gasteiger partial charge is 0.296 e. The molecule has 0 radical (unpaired) electrons. The SMILES string of the molecule is CC(C)N1CCC[C@@H](Nc2nnc(-c3ccc4sccc4c3O)n(C)c2=O)C1. The number of rotatable bonds is 4. The van der Waals surface area contributed by atoms with Crippen LogP contribution in [0.25, 0.3) is 21.5 Å². The van der Waals surface area contributed by atoms with Gasteiger partial charge in [-0.1, -0.05) is 0 Å². The van der Waals surface area contributed by atoms with Crippen LogP contribution in [0.4, 0.5) is 5.82 Å². The van der Waals surface area contributed by atoms with E-state index in [1.54, 1.807) is 24.5 Å². The van der Waals surface area contributed by atoms with Gasteiger partial charge in [-0.15, -0.1) is 21.5 Å². The summed E-state index contributed by atoms with van der Waals surface area (Å²) in [5, 5.41) is 25.0. The molecule has 28 heavy (non-hydrogen) atoms. The number of phenolic OH excluding ortho intramolecular Hbond substituents is 1. The quantitative estimate of drug-likeness (QED) is 0.702. The van der Waals surface area contributed by atoms with Crippen molar-refractivity contribution in [2.24, 2.45) is 7.05 Å². The van der Waals surface area contributed by atoms with Gasteiger partial charge in [0.2, 0.25) is 5.82 Å². The molecule has 8 heteroatoms. The van der Waals surface area contributed by atoms with Crippen molar-refractivity contribution >= 4 is 27.2 Å². The molecule has 1 aliphatic heterocycles. The minimum Gasteiger partial charge on any atom is -0.507 e. The van der Waals surface area contributed by atoms with Gasteiger partial charge in [0, 0.05) is 35.8 Å². The highest BCUT2D eigenvalue weighted by Crippen LogP contribution is 2.36. The van der Waals surface area contributed by atoms with Gasteiger partial charge in [0.25, 0.3) is 5.56 Å². The summed E-state index contributed by atoms with van der Waals surface area (Å²) in [6, 6.07) is 6.24. The molecular formula is C20H25N5O2S. The fourth-order valence-electron chi connectivity index (χ4n) is 3.78. The second-order valence-corrected chi connectivity index (χ2v) is 8.55. The summed E-state index contributed by atoms with van der Waals surface area (Å²) in [5.41, 5.74) is 0.268. The average Bonchev–Trinajstić information content (AvgIpc) is 3.17. The van der Waals surface area contributed by atoms with E-state index >= 15 is 0 Å². The van der Waals surface area contributed by atoms with Crippen molar-refractivity contribution in [1.29, 1.82) is 0 Å². The summed E-state index contributed by atoms with van der Waals surface area (Å²) in [6.45, 7) is 6.35. The molecule has 0 aliphatic carbocycles. The molecule has 148 valence electrons. The van der Waals surface area contributed by atoms with E-state index in [9.17, 15) is 9.90 Å². The van der Waals surface area contributed by atoms with Crippen LogP contribution in [0.3, 0.4) is 0 Å². The van der Waals surface area contributed by atoms with Crippen LogP contribution in [-0.2, 0) is 7.05 Å². The van der Waals surface area contributed by atoms with Crippen molar-refractivity contribution in [1.82, 2.24) is 19.7 Å². The summed E-state index contributed by atoms with van der Waals surface area (Å²) < 4.78 is 2.44. The first kappa shape index (κ1) is 18.9. The molecule has 3 aromatic rings. The van der Waals surface area contributed by atoms with Crippen molar-refractivity contribution in [3.63, 3.8) is 0 Å². The van der Waals surface area contributed by atoms with E-state index in [-0.39, 0.29) is 23.2 Å². The summed E-state index contributed by atoms with van der Waals surface area (Å²) in [5.74, 6) is 0.746. The van der Waals surface area contributed by atoms with Gasteiger partial charge in [0.05, 0.1) is 5.56 Å². The van der Waals surface area contributed by atoms with Gasteiger partial charge in [-0.2, -0.15) is 0 Å². The van der Waals surface area contributed by atoms with Crippen molar-refractivity contribution in [3.05, 3.63) is 33.9 Å². The number of piperidine rings is 1.